The van der Waals surface area contributed by atoms with Crippen LogP contribution in [-0.4, -0.2) is 39.0 Å². The molecule has 1 rings (SSSR count). The van der Waals surface area contributed by atoms with Gasteiger partial charge in [0.2, 0.25) is 0 Å². The van der Waals surface area contributed by atoms with E-state index in [0.29, 0.717) is 11.5 Å². The minimum absolute atomic E-state index is 0.294. The fourth-order valence-electron chi connectivity index (χ4n) is 2.47. The summed E-state index contributed by atoms with van der Waals surface area (Å²) in [5, 5.41) is 3.48. The van der Waals surface area contributed by atoms with Crippen LogP contribution in [0.1, 0.15) is 46.5 Å². The second-order valence-corrected chi connectivity index (χ2v) is 5.12. The molecule has 0 aliphatic carbocycles. The van der Waals surface area contributed by atoms with Crippen molar-refractivity contribution < 1.29 is 9.47 Å². The van der Waals surface area contributed by atoms with Crippen molar-refractivity contribution in [2.75, 3.05) is 32.9 Å². The topological polar surface area (TPSA) is 30.5 Å². The largest absolute Gasteiger partial charge is 0.381 e. The normalized spacial score (nSPS) is 28.8. The second kappa shape index (κ2) is 8.06. The van der Waals surface area contributed by atoms with Gasteiger partial charge in [0.05, 0.1) is 6.10 Å². The van der Waals surface area contributed by atoms with Crippen molar-refractivity contribution in [3.63, 3.8) is 0 Å². The maximum Gasteiger partial charge on any atom is 0.0617 e. The van der Waals surface area contributed by atoms with Gasteiger partial charge >= 0.3 is 0 Å². The standard InChI is InChI=1S/C14H29NO2/c1-4-6-9-16-10-7-14(12-15-5-2)8-11-17-13(14)3/h13,15H,4-12H2,1-3H3. The maximum atomic E-state index is 5.75. The molecule has 0 aromatic rings. The van der Waals surface area contributed by atoms with Gasteiger partial charge in [-0.3, -0.25) is 0 Å². The minimum atomic E-state index is 0.294. The van der Waals surface area contributed by atoms with E-state index in [1.807, 2.05) is 0 Å². The van der Waals surface area contributed by atoms with Gasteiger partial charge in [0.25, 0.3) is 0 Å². The molecule has 2 atom stereocenters. The van der Waals surface area contributed by atoms with Crippen LogP contribution in [0, 0.1) is 5.41 Å². The molecule has 2 unspecified atom stereocenters. The number of unbranched alkanes of at least 4 members (excludes halogenated alkanes) is 1. The molecule has 0 spiro atoms. The molecule has 1 saturated heterocycles. The summed E-state index contributed by atoms with van der Waals surface area (Å²) >= 11 is 0. The predicted octanol–water partition coefficient (Wildman–Crippen LogP) is 2.60. The van der Waals surface area contributed by atoms with Gasteiger partial charge in [0.15, 0.2) is 0 Å². The van der Waals surface area contributed by atoms with Crippen molar-refractivity contribution in [1.29, 1.82) is 0 Å². The summed E-state index contributed by atoms with van der Waals surface area (Å²) in [6.07, 6.45) is 5.02. The van der Waals surface area contributed by atoms with E-state index >= 15 is 0 Å². The van der Waals surface area contributed by atoms with Gasteiger partial charge in [0, 0.05) is 31.8 Å². The Morgan fingerprint density at radius 1 is 1.35 bits per heavy atom. The van der Waals surface area contributed by atoms with Crippen LogP contribution in [0.3, 0.4) is 0 Å². The second-order valence-electron chi connectivity index (χ2n) is 5.12. The average molecular weight is 243 g/mol. The van der Waals surface area contributed by atoms with Crippen LogP contribution < -0.4 is 5.32 Å². The minimum Gasteiger partial charge on any atom is -0.381 e. The van der Waals surface area contributed by atoms with Gasteiger partial charge in [-0.1, -0.05) is 20.3 Å². The Bertz CT molecular complexity index is 199. The van der Waals surface area contributed by atoms with Crippen LogP contribution in [0.5, 0.6) is 0 Å². The summed E-state index contributed by atoms with van der Waals surface area (Å²) < 4.78 is 11.5. The Morgan fingerprint density at radius 2 is 2.18 bits per heavy atom. The molecule has 3 nitrogen and oxygen atoms in total. The lowest BCUT2D eigenvalue weighted by molar-refractivity contribution is 0.0328. The highest BCUT2D eigenvalue weighted by Gasteiger charge is 2.40. The number of rotatable bonds is 9. The molecule has 1 aliphatic heterocycles. The highest BCUT2D eigenvalue weighted by Crippen LogP contribution is 2.37. The third kappa shape index (κ3) is 4.57. The first-order valence-electron chi connectivity index (χ1n) is 7.15. The molecule has 0 radical (unpaired) electrons. The molecule has 0 aromatic heterocycles. The molecule has 3 heteroatoms. The molecule has 17 heavy (non-hydrogen) atoms. The zero-order chi connectivity index (χ0) is 12.6. The van der Waals surface area contributed by atoms with E-state index in [1.54, 1.807) is 0 Å². The summed E-state index contributed by atoms with van der Waals surface area (Å²) in [5.74, 6) is 0. The summed E-state index contributed by atoms with van der Waals surface area (Å²) in [6.45, 7) is 11.3. The highest BCUT2D eigenvalue weighted by atomic mass is 16.5. The zero-order valence-electron chi connectivity index (χ0n) is 11.8. The Morgan fingerprint density at radius 3 is 2.76 bits per heavy atom. The van der Waals surface area contributed by atoms with Crippen LogP contribution in [-0.2, 0) is 9.47 Å². The summed E-state index contributed by atoms with van der Waals surface area (Å²) in [7, 11) is 0. The van der Waals surface area contributed by atoms with Crippen LogP contribution in [0.2, 0.25) is 0 Å². The molecule has 0 saturated carbocycles. The Hall–Kier alpha value is -0.120. The molecule has 0 amide bonds. The van der Waals surface area contributed by atoms with Crippen molar-refractivity contribution in [3.8, 4) is 0 Å². The molecule has 0 bridgehead atoms. The molecule has 0 aromatic carbocycles. The summed E-state index contributed by atoms with van der Waals surface area (Å²) in [4.78, 5) is 0. The monoisotopic (exact) mass is 243 g/mol. The number of hydrogen-bond acceptors (Lipinski definition) is 3. The SMILES string of the molecule is CCCCOCCC1(CNCC)CCOC1C. The van der Waals surface area contributed by atoms with E-state index in [9.17, 15) is 0 Å². The van der Waals surface area contributed by atoms with Crippen molar-refractivity contribution in [2.45, 2.75) is 52.6 Å². The van der Waals surface area contributed by atoms with Crippen LogP contribution in [0.15, 0.2) is 0 Å². The first kappa shape index (κ1) is 14.9. The Labute approximate surface area is 106 Å². The lowest BCUT2D eigenvalue weighted by Crippen LogP contribution is -2.40. The highest BCUT2D eigenvalue weighted by molar-refractivity contribution is 4.91. The van der Waals surface area contributed by atoms with Gasteiger partial charge in [-0.15, -0.1) is 0 Å². The Balaban J connectivity index is 2.31. The molecular formula is C14H29NO2. The van der Waals surface area contributed by atoms with Crippen LogP contribution >= 0.6 is 0 Å². The van der Waals surface area contributed by atoms with Crippen LogP contribution in [0.25, 0.3) is 0 Å². The quantitative estimate of drug-likeness (QED) is 0.631. The number of hydrogen-bond donors (Lipinski definition) is 1. The lowest BCUT2D eigenvalue weighted by atomic mass is 9.78. The maximum absolute atomic E-state index is 5.75. The van der Waals surface area contributed by atoms with E-state index in [2.05, 4.69) is 26.1 Å². The molecule has 1 aliphatic rings. The fourth-order valence-corrected chi connectivity index (χ4v) is 2.47. The Kier molecular flexibility index (Phi) is 7.09. The third-order valence-electron chi connectivity index (χ3n) is 3.94. The molecule has 1 heterocycles. The average Bonchev–Trinajstić information content (AvgIpc) is 2.69. The van der Waals surface area contributed by atoms with Gasteiger partial charge < -0.3 is 14.8 Å². The summed E-state index contributed by atoms with van der Waals surface area (Å²) in [5.41, 5.74) is 0.294. The van der Waals surface area contributed by atoms with Crippen molar-refractivity contribution in [3.05, 3.63) is 0 Å². The number of nitrogens with one attached hydrogen (secondary N) is 1. The first-order valence-corrected chi connectivity index (χ1v) is 7.15. The van der Waals surface area contributed by atoms with Crippen molar-refractivity contribution >= 4 is 0 Å². The van der Waals surface area contributed by atoms with Gasteiger partial charge in [0.1, 0.15) is 0 Å². The fraction of sp³-hybridized carbons (Fsp3) is 1.00. The lowest BCUT2D eigenvalue weighted by Gasteiger charge is -2.32. The van der Waals surface area contributed by atoms with E-state index in [4.69, 9.17) is 9.47 Å². The number of ether oxygens (including phenoxy) is 2. The van der Waals surface area contributed by atoms with Crippen molar-refractivity contribution in [1.82, 2.24) is 5.32 Å². The van der Waals surface area contributed by atoms with E-state index in [0.717, 1.165) is 45.8 Å². The van der Waals surface area contributed by atoms with Crippen LogP contribution in [0.4, 0.5) is 0 Å². The smallest absolute Gasteiger partial charge is 0.0617 e. The van der Waals surface area contributed by atoms with E-state index in [1.165, 1.54) is 12.8 Å². The van der Waals surface area contributed by atoms with Gasteiger partial charge in [-0.2, -0.15) is 0 Å². The first-order chi connectivity index (χ1) is 8.25. The molecule has 102 valence electrons. The zero-order valence-corrected chi connectivity index (χ0v) is 11.8. The van der Waals surface area contributed by atoms with E-state index < -0.39 is 0 Å². The molecule has 1 fully saturated rings. The van der Waals surface area contributed by atoms with E-state index in [-0.39, 0.29) is 0 Å². The third-order valence-corrected chi connectivity index (χ3v) is 3.94. The molecule has 1 N–H and O–H groups in total. The summed E-state index contributed by atoms with van der Waals surface area (Å²) in [6, 6.07) is 0. The molecular weight excluding hydrogens is 214 g/mol. The predicted molar refractivity (Wildman–Crippen MR) is 71.4 cm³/mol. The van der Waals surface area contributed by atoms with Gasteiger partial charge in [-0.25, -0.2) is 0 Å². The van der Waals surface area contributed by atoms with Crippen molar-refractivity contribution in [2.24, 2.45) is 5.41 Å². The van der Waals surface area contributed by atoms with Gasteiger partial charge in [-0.05, 0) is 32.7 Å².